The highest BCUT2D eigenvalue weighted by Crippen LogP contribution is 2.29. The summed E-state index contributed by atoms with van der Waals surface area (Å²) in [5.41, 5.74) is -0.703. The molecule has 5 nitrogen and oxygen atoms in total. The van der Waals surface area contributed by atoms with Crippen molar-refractivity contribution in [2.24, 2.45) is 5.16 Å². The fraction of sp³-hybridized carbons (Fsp3) is 0.800. The molecule has 1 N–H and O–H groups in total. The molecule has 0 unspecified atom stereocenters. The van der Waals surface area contributed by atoms with Gasteiger partial charge >= 0.3 is 0 Å². The molecule has 15 heavy (non-hydrogen) atoms. The number of hydrogen-bond acceptors (Lipinski definition) is 4. The van der Waals surface area contributed by atoms with Crippen molar-refractivity contribution in [3.63, 3.8) is 0 Å². The second-order valence-corrected chi connectivity index (χ2v) is 4.04. The van der Waals surface area contributed by atoms with Gasteiger partial charge in [0.05, 0.1) is 5.60 Å². The van der Waals surface area contributed by atoms with Crippen LogP contribution in [0.2, 0.25) is 0 Å². The number of carbonyl (C=O) groups excluding carboxylic acids is 1. The maximum absolute atomic E-state index is 11.4. The van der Waals surface area contributed by atoms with Gasteiger partial charge in [-0.05, 0) is 12.8 Å². The molecule has 1 amide bonds. The van der Waals surface area contributed by atoms with E-state index in [0.29, 0.717) is 6.54 Å². The van der Waals surface area contributed by atoms with Gasteiger partial charge in [-0.15, -0.1) is 0 Å². The molecule has 0 aromatic rings. The Hall–Kier alpha value is -1.10. The van der Waals surface area contributed by atoms with Crippen LogP contribution in [-0.4, -0.2) is 48.4 Å². The van der Waals surface area contributed by atoms with Crippen LogP contribution in [0.25, 0.3) is 0 Å². The fourth-order valence-corrected chi connectivity index (χ4v) is 1.91. The lowest BCUT2D eigenvalue weighted by atomic mass is 10.0. The number of rotatable bonds is 4. The van der Waals surface area contributed by atoms with E-state index in [1.165, 1.54) is 12.0 Å². The molecule has 0 heterocycles. The topological polar surface area (TPSA) is 62.1 Å². The molecule has 1 rings (SSSR count). The standard InChI is InChI=1S/C10H18N2O3/c1-12(9(13)7-11-15-2)8-10(14)5-3-4-6-10/h7,14H,3-6,8H2,1-2H3/b11-7+. The summed E-state index contributed by atoms with van der Waals surface area (Å²) in [7, 11) is 3.04. The first-order valence-corrected chi connectivity index (χ1v) is 5.11. The molecule has 0 bridgehead atoms. The molecule has 0 spiro atoms. The van der Waals surface area contributed by atoms with Crippen molar-refractivity contribution in [3.05, 3.63) is 0 Å². The van der Waals surface area contributed by atoms with Crippen molar-refractivity contribution in [2.45, 2.75) is 31.3 Å². The molecule has 1 saturated carbocycles. The normalized spacial score (nSPS) is 19.4. The van der Waals surface area contributed by atoms with Gasteiger partial charge < -0.3 is 14.8 Å². The van der Waals surface area contributed by atoms with Gasteiger partial charge in [0.15, 0.2) is 0 Å². The van der Waals surface area contributed by atoms with E-state index in [4.69, 9.17) is 0 Å². The van der Waals surface area contributed by atoms with Crippen molar-refractivity contribution in [1.29, 1.82) is 0 Å². The highest BCUT2D eigenvalue weighted by atomic mass is 16.6. The zero-order valence-corrected chi connectivity index (χ0v) is 9.27. The average Bonchev–Trinajstić information content (AvgIpc) is 2.61. The highest BCUT2D eigenvalue weighted by molar-refractivity contribution is 6.25. The number of likely N-dealkylation sites (N-methyl/N-ethyl adjacent to an activating group) is 1. The van der Waals surface area contributed by atoms with Crippen molar-refractivity contribution in [1.82, 2.24) is 4.90 Å². The molecule has 1 aliphatic rings. The van der Waals surface area contributed by atoms with Crippen LogP contribution in [-0.2, 0) is 9.63 Å². The molecule has 1 fully saturated rings. The van der Waals surface area contributed by atoms with Gasteiger partial charge in [-0.1, -0.05) is 18.0 Å². The van der Waals surface area contributed by atoms with E-state index in [1.54, 1.807) is 7.05 Å². The van der Waals surface area contributed by atoms with E-state index in [-0.39, 0.29) is 5.91 Å². The van der Waals surface area contributed by atoms with Gasteiger partial charge in [0.1, 0.15) is 13.3 Å². The van der Waals surface area contributed by atoms with Crippen LogP contribution in [0.3, 0.4) is 0 Å². The lowest BCUT2D eigenvalue weighted by molar-refractivity contribution is -0.125. The Labute approximate surface area is 89.7 Å². The zero-order valence-electron chi connectivity index (χ0n) is 9.27. The molecule has 1 aliphatic carbocycles. The molecule has 0 saturated heterocycles. The van der Waals surface area contributed by atoms with Gasteiger partial charge in [0, 0.05) is 13.6 Å². The third-order valence-electron chi connectivity index (χ3n) is 2.71. The average molecular weight is 214 g/mol. The predicted octanol–water partition coefficient (Wildman–Crippen LogP) is 0.382. The number of aliphatic hydroxyl groups is 1. The Bertz CT molecular complexity index is 247. The van der Waals surface area contributed by atoms with E-state index in [1.807, 2.05) is 0 Å². The summed E-state index contributed by atoms with van der Waals surface area (Å²) < 4.78 is 0. The quantitative estimate of drug-likeness (QED) is 0.543. The Balaban J connectivity index is 2.43. The minimum Gasteiger partial charge on any atom is -0.399 e. The second kappa shape index (κ2) is 5.11. The van der Waals surface area contributed by atoms with Gasteiger partial charge in [-0.2, -0.15) is 0 Å². The molecular formula is C10H18N2O3. The van der Waals surface area contributed by atoms with Crippen LogP contribution in [0.5, 0.6) is 0 Å². The second-order valence-electron chi connectivity index (χ2n) is 4.04. The summed E-state index contributed by atoms with van der Waals surface area (Å²) in [5, 5.41) is 13.5. The molecule has 0 aliphatic heterocycles. The van der Waals surface area contributed by atoms with E-state index < -0.39 is 5.60 Å². The van der Waals surface area contributed by atoms with Crippen molar-refractivity contribution in [3.8, 4) is 0 Å². The van der Waals surface area contributed by atoms with Crippen molar-refractivity contribution >= 4 is 12.1 Å². The Morgan fingerprint density at radius 1 is 1.60 bits per heavy atom. The van der Waals surface area contributed by atoms with Crippen molar-refractivity contribution in [2.75, 3.05) is 20.7 Å². The van der Waals surface area contributed by atoms with Gasteiger partial charge in [-0.3, -0.25) is 4.79 Å². The van der Waals surface area contributed by atoms with E-state index in [9.17, 15) is 9.90 Å². The van der Waals surface area contributed by atoms with Crippen LogP contribution in [0, 0.1) is 0 Å². The smallest absolute Gasteiger partial charge is 0.268 e. The minimum atomic E-state index is -0.703. The summed E-state index contributed by atoms with van der Waals surface area (Å²) in [6, 6.07) is 0. The fourth-order valence-electron chi connectivity index (χ4n) is 1.91. The summed E-state index contributed by atoms with van der Waals surface area (Å²) in [6.07, 6.45) is 4.71. The van der Waals surface area contributed by atoms with Crippen LogP contribution >= 0.6 is 0 Å². The summed E-state index contributed by atoms with van der Waals surface area (Å²) in [4.78, 5) is 17.3. The molecule has 86 valence electrons. The van der Waals surface area contributed by atoms with Crippen LogP contribution in [0.4, 0.5) is 0 Å². The van der Waals surface area contributed by atoms with Crippen LogP contribution < -0.4 is 0 Å². The van der Waals surface area contributed by atoms with Crippen LogP contribution in [0.1, 0.15) is 25.7 Å². The largest absolute Gasteiger partial charge is 0.399 e. The summed E-state index contributed by atoms with van der Waals surface area (Å²) >= 11 is 0. The van der Waals surface area contributed by atoms with Crippen LogP contribution in [0.15, 0.2) is 5.16 Å². The van der Waals surface area contributed by atoms with E-state index >= 15 is 0 Å². The van der Waals surface area contributed by atoms with Gasteiger partial charge in [0.2, 0.25) is 0 Å². The third-order valence-corrected chi connectivity index (χ3v) is 2.71. The first kappa shape index (κ1) is 12.0. The zero-order chi connectivity index (χ0) is 11.3. The number of carbonyl (C=O) groups is 1. The molecular weight excluding hydrogens is 196 g/mol. The maximum atomic E-state index is 11.4. The predicted molar refractivity (Wildman–Crippen MR) is 56.6 cm³/mol. The van der Waals surface area contributed by atoms with Gasteiger partial charge in [-0.25, -0.2) is 0 Å². The van der Waals surface area contributed by atoms with E-state index in [0.717, 1.165) is 31.9 Å². The highest BCUT2D eigenvalue weighted by Gasteiger charge is 2.33. The number of nitrogens with zero attached hydrogens (tertiary/aromatic N) is 2. The van der Waals surface area contributed by atoms with Crippen molar-refractivity contribution < 1.29 is 14.7 Å². The number of oxime groups is 1. The monoisotopic (exact) mass is 214 g/mol. The molecule has 0 aromatic carbocycles. The number of amides is 1. The summed E-state index contributed by atoms with van der Waals surface area (Å²) in [5.74, 6) is -0.253. The minimum absolute atomic E-state index is 0.253. The molecule has 0 radical (unpaired) electrons. The third kappa shape index (κ3) is 3.51. The Kier molecular flexibility index (Phi) is 4.08. The van der Waals surface area contributed by atoms with Gasteiger partial charge in [0.25, 0.3) is 5.91 Å². The first-order valence-electron chi connectivity index (χ1n) is 5.11. The first-order chi connectivity index (χ1) is 7.07. The number of hydrogen-bond donors (Lipinski definition) is 1. The maximum Gasteiger partial charge on any atom is 0.268 e. The lowest BCUT2D eigenvalue weighted by Crippen LogP contribution is -2.42. The molecule has 0 atom stereocenters. The lowest BCUT2D eigenvalue weighted by Gasteiger charge is -2.27. The Morgan fingerprint density at radius 3 is 2.73 bits per heavy atom. The SMILES string of the molecule is CO/N=C/C(=O)N(C)CC1(O)CCCC1. The Morgan fingerprint density at radius 2 is 2.20 bits per heavy atom. The molecule has 5 heteroatoms. The van der Waals surface area contributed by atoms with E-state index in [2.05, 4.69) is 9.99 Å². The summed E-state index contributed by atoms with van der Waals surface area (Å²) in [6.45, 7) is 0.363. The molecule has 0 aromatic heterocycles.